The molecule has 0 radical (unpaired) electrons. The fraction of sp³-hybridized carbons (Fsp3) is 0.286. The molecule has 2 aromatic rings. The molecule has 0 bridgehead atoms. The fourth-order valence-electron chi connectivity index (χ4n) is 1.96. The number of ether oxygens (including phenoxy) is 1. The van der Waals surface area contributed by atoms with E-state index in [4.69, 9.17) is 27.9 Å². The maximum atomic E-state index is 13.1. The molecule has 0 spiro atoms. The summed E-state index contributed by atoms with van der Waals surface area (Å²) in [5, 5.41) is 12.7. The number of hydrogen-bond donors (Lipinski definition) is 2. The summed E-state index contributed by atoms with van der Waals surface area (Å²) < 4.78 is 44.5. The van der Waals surface area contributed by atoms with Crippen molar-refractivity contribution in [3.63, 3.8) is 0 Å². The second-order valence-electron chi connectivity index (χ2n) is 4.66. The number of benzene rings is 1. The highest BCUT2D eigenvalue weighted by atomic mass is 35.5. The molecule has 5 nitrogen and oxygen atoms in total. The minimum absolute atomic E-state index is 0.0238. The van der Waals surface area contributed by atoms with Crippen LogP contribution in [0.3, 0.4) is 0 Å². The van der Waals surface area contributed by atoms with Gasteiger partial charge in [-0.3, -0.25) is 0 Å². The Morgan fingerprint density at radius 1 is 1.33 bits per heavy atom. The van der Waals surface area contributed by atoms with Crippen molar-refractivity contribution in [2.24, 2.45) is 0 Å². The molecule has 1 heterocycles. The van der Waals surface area contributed by atoms with Crippen LogP contribution in [0.4, 0.5) is 19.0 Å². The van der Waals surface area contributed by atoms with Crippen LogP contribution in [0.2, 0.25) is 10.3 Å². The van der Waals surface area contributed by atoms with Gasteiger partial charge < -0.3 is 15.2 Å². The van der Waals surface area contributed by atoms with E-state index in [1.807, 2.05) is 0 Å². The number of halogens is 5. The second kappa shape index (κ2) is 7.42. The highest BCUT2D eigenvalue weighted by Gasteiger charge is 2.35. The van der Waals surface area contributed by atoms with E-state index in [1.165, 1.54) is 12.3 Å². The van der Waals surface area contributed by atoms with Crippen molar-refractivity contribution in [1.29, 1.82) is 0 Å². The number of anilines is 1. The number of aliphatic hydroxyl groups is 1. The smallest absolute Gasteiger partial charge is 0.416 e. The van der Waals surface area contributed by atoms with E-state index >= 15 is 0 Å². The van der Waals surface area contributed by atoms with E-state index in [1.54, 1.807) is 7.05 Å². The first-order valence-electron chi connectivity index (χ1n) is 6.60. The molecule has 0 fully saturated rings. The Kier molecular flexibility index (Phi) is 5.74. The maximum absolute atomic E-state index is 13.1. The summed E-state index contributed by atoms with van der Waals surface area (Å²) in [7, 11) is 1.56. The van der Waals surface area contributed by atoms with Gasteiger partial charge in [-0.05, 0) is 29.3 Å². The molecular weight excluding hydrogens is 370 g/mol. The normalized spacial score (nSPS) is 12.8. The minimum atomic E-state index is -4.65. The molecule has 0 saturated carbocycles. The number of aromatic nitrogens is 2. The molecular formula is C14H12Cl2F3N3O2. The molecule has 1 aromatic carbocycles. The molecule has 0 amide bonds. The van der Waals surface area contributed by atoms with Gasteiger partial charge >= 0.3 is 6.18 Å². The van der Waals surface area contributed by atoms with Gasteiger partial charge in [-0.2, -0.15) is 18.2 Å². The van der Waals surface area contributed by atoms with Gasteiger partial charge in [0.15, 0.2) is 11.6 Å². The average Bonchev–Trinajstić information content (AvgIpc) is 2.52. The van der Waals surface area contributed by atoms with Crippen molar-refractivity contribution in [3.05, 3.63) is 45.8 Å². The predicted molar refractivity (Wildman–Crippen MR) is 83.5 cm³/mol. The SMILES string of the molecule is CNc1nc(Cl)ncc1OCC(O)c1ccc(Cl)cc1C(F)(F)F. The molecule has 0 aliphatic heterocycles. The number of aliphatic hydroxyl groups excluding tert-OH is 1. The summed E-state index contributed by atoms with van der Waals surface area (Å²) in [6.45, 7) is -0.440. The standard InChI is InChI=1S/C14H12Cl2F3N3O2/c1-20-12-11(5-21-13(16)22-12)24-6-10(23)8-3-2-7(15)4-9(8)14(17,18)19/h2-5,10,23H,6H2,1H3,(H,20,21,22). The molecule has 24 heavy (non-hydrogen) atoms. The van der Waals surface area contributed by atoms with Crippen LogP contribution in [0.5, 0.6) is 5.75 Å². The van der Waals surface area contributed by atoms with Crippen molar-refractivity contribution in [2.45, 2.75) is 12.3 Å². The van der Waals surface area contributed by atoms with Gasteiger partial charge in [0.05, 0.1) is 11.8 Å². The molecule has 130 valence electrons. The Hall–Kier alpha value is -1.77. The molecule has 0 aliphatic carbocycles. The minimum Gasteiger partial charge on any atom is -0.485 e. The van der Waals surface area contributed by atoms with E-state index < -0.39 is 24.5 Å². The van der Waals surface area contributed by atoms with Gasteiger partial charge in [-0.1, -0.05) is 17.7 Å². The van der Waals surface area contributed by atoms with E-state index in [0.29, 0.717) is 0 Å². The lowest BCUT2D eigenvalue weighted by molar-refractivity contribution is -0.139. The van der Waals surface area contributed by atoms with Crippen molar-refractivity contribution in [1.82, 2.24) is 9.97 Å². The van der Waals surface area contributed by atoms with Crippen molar-refractivity contribution >= 4 is 29.0 Å². The molecule has 1 aromatic heterocycles. The van der Waals surface area contributed by atoms with Crippen LogP contribution in [0.25, 0.3) is 0 Å². The lowest BCUT2D eigenvalue weighted by Crippen LogP contribution is -2.17. The Balaban J connectivity index is 2.21. The number of hydrogen-bond acceptors (Lipinski definition) is 5. The van der Waals surface area contributed by atoms with E-state index in [0.717, 1.165) is 12.1 Å². The number of alkyl halides is 3. The van der Waals surface area contributed by atoms with E-state index in [-0.39, 0.29) is 27.4 Å². The first kappa shape index (κ1) is 18.6. The molecule has 0 aliphatic rings. The van der Waals surface area contributed by atoms with Crippen LogP contribution in [0.15, 0.2) is 24.4 Å². The number of nitrogens with one attached hydrogen (secondary N) is 1. The summed E-state index contributed by atoms with van der Waals surface area (Å²) in [6.07, 6.45) is -4.93. The van der Waals surface area contributed by atoms with Gasteiger partial charge in [0.1, 0.15) is 12.7 Å². The topological polar surface area (TPSA) is 67.3 Å². The van der Waals surface area contributed by atoms with Gasteiger partial charge in [0, 0.05) is 12.1 Å². The molecule has 2 N–H and O–H groups in total. The summed E-state index contributed by atoms with van der Waals surface area (Å²) in [4.78, 5) is 7.57. The first-order valence-corrected chi connectivity index (χ1v) is 7.35. The van der Waals surface area contributed by atoms with Gasteiger partial charge in [0.25, 0.3) is 0 Å². The Bertz CT molecular complexity index is 729. The first-order chi connectivity index (χ1) is 11.2. The van der Waals surface area contributed by atoms with Gasteiger partial charge in [0.2, 0.25) is 5.28 Å². The van der Waals surface area contributed by atoms with E-state index in [9.17, 15) is 18.3 Å². The zero-order chi connectivity index (χ0) is 17.9. The summed E-state index contributed by atoms with van der Waals surface area (Å²) in [5.74, 6) is 0.387. The molecule has 10 heteroatoms. The molecule has 1 unspecified atom stereocenters. The third-order valence-electron chi connectivity index (χ3n) is 3.04. The highest BCUT2D eigenvalue weighted by Crippen LogP contribution is 2.36. The van der Waals surface area contributed by atoms with Gasteiger partial charge in [-0.25, -0.2) is 4.98 Å². The summed E-state index contributed by atoms with van der Waals surface area (Å²) in [5.41, 5.74) is -1.36. The van der Waals surface area contributed by atoms with E-state index in [2.05, 4.69) is 15.3 Å². The predicted octanol–water partition coefficient (Wildman–Crippen LogP) is 3.96. The number of rotatable bonds is 5. The largest absolute Gasteiger partial charge is 0.485 e. The Morgan fingerprint density at radius 3 is 2.67 bits per heavy atom. The van der Waals surface area contributed by atoms with Crippen LogP contribution >= 0.6 is 23.2 Å². The van der Waals surface area contributed by atoms with Crippen LogP contribution in [-0.2, 0) is 6.18 Å². The van der Waals surface area contributed by atoms with Crippen LogP contribution < -0.4 is 10.1 Å². The summed E-state index contributed by atoms with van der Waals surface area (Å²) in [6, 6.07) is 3.13. The third kappa shape index (κ3) is 4.40. The van der Waals surface area contributed by atoms with Crippen LogP contribution in [-0.4, -0.2) is 28.7 Å². The molecule has 0 saturated heterocycles. The quantitative estimate of drug-likeness (QED) is 0.767. The maximum Gasteiger partial charge on any atom is 0.416 e. The Labute approximate surface area is 145 Å². The van der Waals surface area contributed by atoms with Crippen molar-refractivity contribution in [3.8, 4) is 5.75 Å². The highest BCUT2D eigenvalue weighted by molar-refractivity contribution is 6.30. The zero-order valence-electron chi connectivity index (χ0n) is 12.2. The fourth-order valence-corrected chi connectivity index (χ4v) is 2.26. The lowest BCUT2D eigenvalue weighted by Gasteiger charge is -2.19. The van der Waals surface area contributed by atoms with Crippen LogP contribution in [0, 0.1) is 0 Å². The third-order valence-corrected chi connectivity index (χ3v) is 3.46. The average molecular weight is 382 g/mol. The monoisotopic (exact) mass is 381 g/mol. The number of nitrogens with zero attached hydrogens (tertiary/aromatic N) is 2. The van der Waals surface area contributed by atoms with Crippen molar-refractivity contribution < 1.29 is 23.0 Å². The zero-order valence-corrected chi connectivity index (χ0v) is 13.7. The summed E-state index contributed by atoms with van der Waals surface area (Å²) >= 11 is 11.2. The Morgan fingerprint density at radius 2 is 2.04 bits per heavy atom. The lowest BCUT2D eigenvalue weighted by atomic mass is 10.0. The van der Waals surface area contributed by atoms with Gasteiger partial charge in [-0.15, -0.1) is 0 Å². The molecule has 2 rings (SSSR count). The van der Waals surface area contributed by atoms with Crippen LogP contribution in [0.1, 0.15) is 17.2 Å². The van der Waals surface area contributed by atoms with Crippen molar-refractivity contribution in [2.75, 3.05) is 19.0 Å². The second-order valence-corrected chi connectivity index (χ2v) is 5.43. The molecule has 1 atom stereocenters.